The van der Waals surface area contributed by atoms with E-state index in [0.29, 0.717) is 11.5 Å². The molecule has 0 aliphatic carbocycles. The van der Waals surface area contributed by atoms with Crippen LogP contribution in [0.2, 0.25) is 0 Å². The van der Waals surface area contributed by atoms with Crippen molar-refractivity contribution in [2.45, 2.75) is 0 Å². The molecule has 2 nitrogen and oxygen atoms in total. The van der Waals surface area contributed by atoms with Crippen molar-refractivity contribution in [1.29, 1.82) is 0 Å². The average Bonchev–Trinajstić information content (AvgIpc) is 2.35. The Hall–Kier alpha value is -2.10. The Morgan fingerprint density at radius 1 is 0.941 bits per heavy atom. The van der Waals surface area contributed by atoms with Crippen LogP contribution in [0.5, 0.6) is 17.2 Å². The first-order valence-electron chi connectivity index (χ1n) is 4.96. The van der Waals surface area contributed by atoms with E-state index < -0.39 is 11.6 Å². The highest BCUT2D eigenvalue weighted by Gasteiger charge is 2.09. The van der Waals surface area contributed by atoms with Crippen LogP contribution < -0.4 is 9.47 Å². The van der Waals surface area contributed by atoms with Gasteiger partial charge in [0.15, 0.2) is 11.6 Å². The Morgan fingerprint density at radius 2 is 1.65 bits per heavy atom. The number of halogens is 2. The van der Waals surface area contributed by atoms with Gasteiger partial charge in [-0.25, -0.2) is 4.39 Å². The Kier molecular flexibility index (Phi) is 3.23. The largest absolute Gasteiger partial charge is 0.497 e. The van der Waals surface area contributed by atoms with Crippen molar-refractivity contribution >= 4 is 0 Å². The van der Waals surface area contributed by atoms with Crippen molar-refractivity contribution in [1.82, 2.24) is 0 Å². The SMILES string of the molecule is COc1cccc(Oc2cccc(F)c2F)c1. The molecule has 0 saturated heterocycles. The molecule has 2 rings (SSSR count). The third kappa shape index (κ3) is 2.53. The first kappa shape index (κ1) is 11.4. The molecule has 17 heavy (non-hydrogen) atoms. The van der Waals surface area contributed by atoms with Crippen LogP contribution in [0.25, 0.3) is 0 Å². The zero-order chi connectivity index (χ0) is 12.3. The molecule has 2 aromatic carbocycles. The highest BCUT2D eigenvalue weighted by molar-refractivity contribution is 5.37. The number of hydrogen-bond donors (Lipinski definition) is 0. The lowest BCUT2D eigenvalue weighted by Crippen LogP contribution is -1.91. The fourth-order valence-electron chi connectivity index (χ4n) is 1.35. The summed E-state index contributed by atoms with van der Waals surface area (Å²) >= 11 is 0. The molecular formula is C13H10F2O2. The Balaban J connectivity index is 2.28. The van der Waals surface area contributed by atoms with Crippen LogP contribution in [0.4, 0.5) is 8.78 Å². The summed E-state index contributed by atoms with van der Waals surface area (Å²) in [5, 5.41) is 0. The molecule has 0 fully saturated rings. The molecule has 0 saturated carbocycles. The second-order valence-corrected chi connectivity index (χ2v) is 3.33. The van der Waals surface area contributed by atoms with E-state index in [1.54, 1.807) is 24.3 Å². The zero-order valence-electron chi connectivity index (χ0n) is 9.11. The molecule has 0 heterocycles. The van der Waals surface area contributed by atoms with Crippen molar-refractivity contribution in [2.24, 2.45) is 0 Å². The molecule has 0 unspecified atom stereocenters. The summed E-state index contributed by atoms with van der Waals surface area (Å²) in [4.78, 5) is 0. The predicted octanol–water partition coefficient (Wildman–Crippen LogP) is 3.77. The molecule has 0 aromatic heterocycles. The van der Waals surface area contributed by atoms with Gasteiger partial charge in [-0.05, 0) is 24.3 Å². The normalized spacial score (nSPS) is 10.1. The minimum atomic E-state index is -1.00. The fraction of sp³-hybridized carbons (Fsp3) is 0.0769. The average molecular weight is 236 g/mol. The van der Waals surface area contributed by atoms with Gasteiger partial charge in [0.2, 0.25) is 5.82 Å². The summed E-state index contributed by atoms with van der Waals surface area (Å²) < 4.78 is 36.5. The lowest BCUT2D eigenvalue weighted by atomic mass is 10.3. The molecule has 88 valence electrons. The van der Waals surface area contributed by atoms with E-state index in [9.17, 15) is 8.78 Å². The zero-order valence-corrected chi connectivity index (χ0v) is 9.11. The second kappa shape index (κ2) is 4.82. The molecule has 4 heteroatoms. The molecule has 0 spiro atoms. The standard InChI is InChI=1S/C13H10F2O2/c1-16-9-4-2-5-10(8-9)17-12-7-3-6-11(14)13(12)15/h2-8H,1H3. The maximum Gasteiger partial charge on any atom is 0.201 e. The van der Waals surface area contributed by atoms with E-state index in [2.05, 4.69) is 0 Å². The molecule has 0 bridgehead atoms. The molecule has 0 radical (unpaired) electrons. The van der Waals surface area contributed by atoms with Gasteiger partial charge < -0.3 is 9.47 Å². The number of benzene rings is 2. The van der Waals surface area contributed by atoms with Gasteiger partial charge in [0.25, 0.3) is 0 Å². The Labute approximate surface area is 97.4 Å². The number of ether oxygens (including phenoxy) is 2. The van der Waals surface area contributed by atoms with Crippen LogP contribution in [-0.4, -0.2) is 7.11 Å². The van der Waals surface area contributed by atoms with Crippen LogP contribution >= 0.6 is 0 Å². The van der Waals surface area contributed by atoms with Crippen molar-refractivity contribution < 1.29 is 18.3 Å². The monoisotopic (exact) mass is 236 g/mol. The minimum Gasteiger partial charge on any atom is -0.497 e. The highest BCUT2D eigenvalue weighted by Crippen LogP contribution is 2.27. The van der Waals surface area contributed by atoms with Crippen LogP contribution in [0.3, 0.4) is 0 Å². The van der Waals surface area contributed by atoms with Crippen LogP contribution in [0, 0.1) is 11.6 Å². The highest BCUT2D eigenvalue weighted by atomic mass is 19.2. The van der Waals surface area contributed by atoms with Crippen molar-refractivity contribution in [3.8, 4) is 17.2 Å². The van der Waals surface area contributed by atoms with E-state index >= 15 is 0 Å². The number of methoxy groups -OCH3 is 1. The molecular weight excluding hydrogens is 226 g/mol. The molecule has 0 aliphatic rings. The summed E-state index contributed by atoms with van der Waals surface area (Å²) in [6.45, 7) is 0. The van der Waals surface area contributed by atoms with Crippen LogP contribution in [0.1, 0.15) is 0 Å². The number of rotatable bonds is 3. The third-order valence-corrected chi connectivity index (χ3v) is 2.19. The summed E-state index contributed by atoms with van der Waals surface area (Å²) in [5.74, 6) is -1.13. The lowest BCUT2D eigenvalue weighted by molar-refractivity contribution is 0.399. The van der Waals surface area contributed by atoms with Gasteiger partial charge in [-0.1, -0.05) is 12.1 Å². The van der Waals surface area contributed by atoms with E-state index in [1.807, 2.05) is 0 Å². The third-order valence-electron chi connectivity index (χ3n) is 2.19. The quantitative estimate of drug-likeness (QED) is 0.807. The molecule has 0 N–H and O–H groups in total. The van der Waals surface area contributed by atoms with Gasteiger partial charge >= 0.3 is 0 Å². The smallest absolute Gasteiger partial charge is 0.201 e. The van der Waals surface area contributed by atoms with Gasteiger partial charge in [0.1, 0.15) is 11.5 Å². The maximum atomic E-state index is 13.3. The van der Waals surface area contributed by atoms with Gasteiger partial charge in [0.05, 0.1) is 7.11 Å². The first-order valence-corrected chi connectivity index (χ1v) is 4.96. The molecule has 2 aromatic rings. The fourth-order valence-corrected chi connectivity index (χ4v) is 1.35. The number of hydrogen-bond acceptors (Lipinski definition) is 2. The summed E-state index contributed by atoms with van der Waals surface area (Å²) in [7, 11) is 1.52. The first-order chi connectivity index (χ1) is 8.20. The van der Waals surface area contributed by atoms with Crippen molar-refractivity contribution in [3.05, 3.63) is 54.1 Å². The van der Waals surface area contributed by atoms with Crippen LogP contribution in [-0.2, 0) is 0 Å². The van der Waals surface area contributed by atoms with Crippen molar-refractivity contribution in [3.63, 3.8) is 0 Å². The summed E-state index contributed by atoms with van der Waals surface area (Å²) in [5.41, 5.74) is 0. The van der Waals surface area contributed by atoms with E-state index in [4.69, 9.17) is 9.47 Å². The lowest BCUT2D eigenvalue weighted by Gasteiger charge is -2.08. The topological polar surface area (TPSA) is 18.5 Å². The van der Waals surface area contributed by atoms with Gasteiger partial charge in [0, 0.05) is 6.07 Å². The Morgan fingerprint density at radius 3 is 2.41 bits per heavy atom. The Bertz CT molecular complexity index is 527. The van der Waals surface area contributed by atoms with E-state index in [-0.39, 0.29) is 5.75 Å². The van der Waals surface area contributed by atoms with E-state index in [1.165, 1.54) is 19.2 Å². The maximum absolute atomic E-state index is 13.3. The van der Waals surface area contributed by atoms with Gasteiger partial charge in [-0.15, -0.1) is 0 Å². The van der Waals surface area contributed by atoms with Crippen molar-refractivity contribution in [2.75, 3.05) is 7.11 Å². The second-order valence-electron chi connectivity index (χ2n) is 3.33. The van der Waals surface area contributed by atoms with Crippen LogP contribution in [0.15, 0.2) is 42.5 Å². The predicted molar refractivity (Wildman–Crippen MR) is 59.4 cm³/mol. The summed E-state index contributed by atoms with van der Waals surface area (Å²) in [6.07, 6.45) is 0. The summed E-state index contributed by atoms with van der Waals surface area (Å²) in [6, 6.07) is 10.4. The molecule has 0 aliphatic heterocycles. The van der Waals surface area contributed by atoms with Gasteiger partial charge in [-0.2, -0.15) is 4.39 Å². The van der Waals surface area contributed by atoms with E-state index in [0.717, 1.165) is 6.07 Å². The molecule has 0 atom stereocenters. The molecule has 0 amide bonds. The minimum absolute atomic E-state index is 0.154. The van der Waals surface area contributed by atoms with Gasteiger partial charge in [-0.3, -0.25) is 0 Å².